The molecule has 0 N–H and O–H groups in total. The van der Waals surface area contributed by atoms with E-state index in [0.29, 0.717) is 12.5 Å². The molecule has 0 unspecified atom stereocenters. The van der Waals surface area contributed by atoms with E-state index in [0.717, 1.165) is 39.2 Å². The van der Waals surface area contributed by atoms with Crippen LogP contribution in [0.1, 0.15) is 5.82 Å². The van der Waals surface area contributed by atoms with E-state index in [2.05, 4.69) is 20.1 Å². The van der Waals surface area contributed by atoms with Crippen LogP contribution in [0.2, 0.25) is 0 Å². The van der Waals surface area contributed by atoms with Crippen molar-refractivity contribution in [2.75, 3.05) is 0 Å². The zero-order valence-electron chi connectivity index (χ0n) is 16.7. The highest BCUT2D eigenvalue weighted by Crippen LogP contribution is 2.30. The van der Waals surface area contributed by atoms with E-state index in [1.165, 1.54) is 0 Å². The highest BCUT2D eigenvalue weighted by atomic mass is 16.5. The fourth-order valence-electron chi connectivity index (χ4n) is 3.51. The molecule has 0 aliphatic heterocycles. The van der Waals surface area contributed by atoms with E-state index in [1.54, 1.807) is 23.3 Å². The van der Waals surface area contributed by atoms with Crippen molar-refractivity contribution in [3.05, 3.63) is 79.1 Å². The highest BCUT2D eigenvalue weighted by molar-refractivity contribution is 5.80. The number of benzene rings is 1. The van der Waals surface area contributed by atoms with Gasteiger partial charge in [-0.2, -0.15) is 5.10 Å². The molecule has 7 nitrogen and oxygen atoms in total. The normalized spacial score (nSPS) is 11.1. The zero-order chi connectivity index (χ0) is 20.5. The minimum Gasteiger partial charge on any atom is -0.469 e. The third-order valence-corrected chi connectivity index (χ3v) is 5.06. The van der Waals surface area contributed by atoms with Gasteiger partial charge in [-0.05, 0) is 35.9 Å². The Kier molecular flexibility index (Phi) is 4.48. The van der Waals surface area contributed by atoms with E-state index in [4.69, 9.17) is 4.74 Å². The van der Waals surface area contributed by atoms with Crippen LogP contribution in [-0.2, 0) is 20.7 Å². The molecule has 7 heteroatoms. The lowest BCUT2D eigenvalue weighted by molar-refractivity contribution is 0.281. The van der Waals surface area contributed by atoms with E-state index >= 15 is 0 Å². The number of aryl methyl sites for hydroxylation is 2. The van der Waals surface area contributed by atoms with Gasteiger partial charge in [0.25, 0.3) is 0 Å². The van der Waals surface area contributed by atoms with Gasteiger partial charge in [0.15, 0.2) is 0 Å². The summed E-state index contributed by atoms with van der Waals surface area (Å²) in [6.07, 6.45) is 7.35. The Balaban J connectivity index is 1.37. The van der Waals surface area contributed by atoms with Crippen LogP contribution < -0.4 is 4.74 Å². The molecule has 0 atom stereocenters. The molecular formula is C23H20N6O. The van der Waals surface area contributed by atoms with Gasteiger partial charge in [0.05, 0.1) is 11.0 Å². The molecule has 5 rings (SSSR count). The van der Waals surface area contributed by atoms with Crippen LogP contribution in [0, 0.1) is 0 Å². The molecule has 4 aromatic heterocycles. The number of nitrogens with zero attached hydrogens (tertiary/aromatic N) is 6. The molecule has 148 valence electrons. The van der Waals surface area contributed by atoms with Gasteiger partial charge in [-0.1, -0.05) is 12.1 Å². The Hall–Kier alpha value is -4.00. The maximum atomic E-state index is 5.89. The van der Waals surface area contributed by atoms with Gasteiger partial charge in [-0.25, -0.2) is 9.97 Å². The summed E-state index contributed by atoms with van der Waals surface area (Å²) in [5.41, 5.74) is 5.94. The highest BCUT2D eigenvalue weighted by Gasteiger charge is 2.13. The van der Waals surface area contributed by atoms with E-state index < -0.39 is 0 Å². The number of imidazole rings is 1. The monoisotopic (exact) mass is 396 g/mol. The molecule has 0 saturated heterocycles. The number of aromatic nitrogens is 6. The first kappa shape index (κ1) is 18.1. The number of hydrogen-bond donors (Lipinski definition) is 0. The fraction of sp³-hybridized carbons (Fsp3) is 0.130. The van der Waals surface area contributed by atoms with Crippen LogP contribution in [0.25, 0.3) is 33.4 Å². The maximum absolute atomic E-state index is 5.89. The smallest absolute Gasteiger partial charge is 0.213 e. The van der Waals surface area contributed by atoms with Crippen molar-refractivity contribution in [3.63, 3.8) is 0 Å². The van der Waals surface area contributed by atoms with Gasteiger partial charge in [-0.3, -0.25) is 9.67 Å². The fourth-order valence-corrected chi connectivity index (χ4v) is 3.51. The van der Waals surface area contributed by atoms with Crippen molar-refractivity contribution < 1.29 is 4.74 Å². The largest absolute Gasteiger partial charge is 0.469 e. The quantitative estimate of drug-likeness (QED) is 0.449. The van der Waals surface area contributed by atoms with Crippen LogP contribution in [0.4, 0.5) is 0 Å². The zero-order valence-corrected chi connectivity index (χ0v) is 16.7. The molecule has 0 fully saturated rings. The molecule has 0 bridgehead atoms. The molecule has 0 radical (unpaired) electrons. The first-order valence-electron chi connectivity index (χ1n) is 9.62. The Morgan fingerprint density at radius 2 is 1.77 bits per heavy atom. The summed E-state index contributed by atoms with van der Waals surface area (Å²) in [5, 5.41) is 4.62. The molecule has 0 saturated carbocycles. The number of para-hydroxylation sites is 2. The lowest BCUT2D eigenvalue weighted by Gasteiger charge is -2.07. The van der Waals surface area contributed by atoms with Crippen LogP contribution in [0.3, 0.4) is 0 Å². The Labute approximate surface area is 173 Å². The van der Waals surface area contributed by atoms with Gasteiger partial charge in [0, 0.05) is 56.1 Å². The number of rotatable bonds is 5. The average Bonchev–Trinajstić information content (AvgIpc) is 3.33. The number of pyridine rings is 2. The summed E-state index contributed by atoms with van der Waals surface area (Å²) in [4.78, 5) is 13.2. The Morgan fingerprint density at radius 3 is 2.53 bits per heavy atom. The molecule has 30 heavy (non-hydrogen) atoms. The molecule has 1 aromatic carbocycles. The summed E-state index contributed by atoms with van der Waals surface area (Å²) in [6.45, 7) is 0.351. The predicted molar refractivity (Wildman–Crippen MR) is 115 cm³/mol. The Morgan fingerprint density at radius 1 is 0.933 bits per heavy atom. The number of hydrogen-bond acceptors (Lipinski definition) is 5. The number of ether oxygens (including phenoxy) is 1. The summed E-state index contributed by atoms with van der Waals surface area (Å²) in [5.74, 6) is 1.40. The lowest BCUT2D eigenvalue weighted by atomic mass is 10.0. The van der Waals surface area contributed by atoms with Gasteiger partial charge in [0.1, 0.15) is 18.1 Å². The van der Waals surface area contributed by atoms with E-state index in [-0.39, 0.29) is 0 Å². The first-order chi connectivity index (χ1) is 14.7. The molecule has 0 aliphatic rings. The van der Waals surface area contributed by atoms with Gasteiger partial charge >= 0.3 is 0 Å². The second-order valence-electron chi connectivity index (χ2n) is 7.05. The SMILES string of the molecule is Cn1cc(-c2ccncc2)c(-c2ccc(OCc3nc4ccccc4n3C)nc2)n1. The van der Waals surface area contributed by atoms with Gasteiger partial charge in [0.2, 0.25) is 5.88 Å². The Bertz CT molecular complexity index is 1310. The van der Waals surface area contributed by atoms with Crippen molar-refractivity contribution in [2.45, 2.75) is 6.61 Å². The second-order valence-corrected chi connectivity index (χ2v) is 7.05. The molecular weight excluding hydrogens is 376 g/mol. The minimum absolute atomic E-state index is 0.351. The minimum atomic E-state index is 0.351. The topological polar surface area (TPSA) is 70.7 Å². The molecule has 0 aliphatic carbocycles. The average molecular weight is 396 g/mol. The van der Waals surface area contributed by atoms with E-state index in [9.17, 15) is 0 Å². The third kappa shape index (κ3) is 3.30. The standard InChI is InChI=1S/C23H20N6O/c1-28-14-18(16-9-11-24-12-10-16)23(27-28)17-7-8-22(25-13-17)30-15-21-26-19-5-3-4-6-20(19)29(21)2/h3-14H,15H2,1-2H3. The van der Waals surface area contributed by atoms with Crippen LogP contribution in [0.15, 0.2) is 73.3 Å². The molecule has 5 aromatic rings. The molecule has 0 spiro atoms. The van der Waals surface area contributed by atoms with Gasteiger partial charge < -0.3 is 9.30 Å². The summed E-state index contributed by atoms with van der Waals surface area (Å²) in [7, 11) is 3.90. The third-order valence-electron chi connectivity index (χ3n) is 5.06. The van der Waals surface area contributed by atoms with Crippen molar-refractivity contribution in [1.29, 1.82) is 0 Å². The lowest BCUT2D eigenvalue weighted by Crippen LogP contribution is -2.04. The van der Waals surface area contributed by atoms with Gasteiger partial charge in [-0.15, -0.1) is 0 Å². The maximum Gasteiger partial charge on any atom is 0.213 e. The summed E-state index contributed by atoms with van der Waals surface area (Å²) in [6, 6.07) is 15.8. The first-order valence-corrected chi connectivity index (χ1v) is 9.62. The van der Waals surface area contributed by atoms with E-state index in [1.807, 2.05) is 73.4 Å². The molecule has 4 heterocycles. The van der Waals surface area contributed by atoms with Crippen molar-refractivity contribution in [1.82, 2.24) is 29.3 Å². The second kappa shape index (κ2) is 7.44. The predicted octanol–water partition coefficient (Wildman–Crippen LogP) is 4.01. The van der Waals surface area contributed by atoms with Crippen LogP contribution in [0.5, 0.6) is 5.88 Å². The molecule has 0 amide bonds. The van der Waals surface area contributed by atoms with Crippen molar-refractivity contribution in [2.24, 2.45) is 14.1 Å². The van der Waals surface area contributed by atoms with Crippen molar-refractivity contribution in [3.8, 4) is 28.3 Å². The summed E-state index contributed by atoms with van der Waals surface area (Å²) < 4.78 is 9.73. The summed E-state index contributed by atoms with van der Waals surface area (Å²) >= 11 is 0. The van der Waals surface area contributed by atoms with Crippen LogP contribution >= 0.6 is 0 Å². The number of fused-ring (bicyclic) bond motifs is 1. The van der Waals surface area contributed by atoms with Crippen molar-refractivity contribution >= 4 is 11.0 Å². The van der Waals surface area contributed by atoms with Crippen LogP contribution in [-0.4, -0.2) is 29.3 Å².